The van der Waals surface area contributed by atoms with Crippen molar-refractivity contribution in [2.45, 2.75) is 25.8 Å². The molecule has 1 amide bonds. The molecule has 1 fully saturated rings. The number of carbonyl (C=O) groups is 1. The Labute approximate surface area is 101 Å². The van der Waals surface area contributed by atoms with Gasteiger partial charge in [0.2, 0.25) is 0 Å². The van der Waals surface area contributed by atoms with Crippen LogP contribution >= 0.6 is 0 Å². The van der Waals surface area contributed by atoms with Gasteiger partial charge in [0, 0.05) is 6.04 Å². The number of aryl methyl sites for hydroxylation is 1. The Morgan fingerprint density at radius 2 is 2.06 bits per heavy atom. The van der Waals surface area contributed by atoms with Gasteiger partial charge >= 0.3 is 6.09 Å². The van der Waals surface area contributed by atoms with E-state index in [9.17, 15) is 4.79 Å². The van der Waals surface area contributed by atoms with Crippen molar-refractivity contribution in [3.05, 3.63) is 29.8 Å². The van der Waals surface area contributed by atoms with Crippen molar-refractivity contribution in [3.63, 3.8) is 0 Å². The highest BCUT2D eigenvalue weighted by Crippen LogP contribution is 2.16. The summed E-state index contributed by atoms with van der Waals surface area (Å²) in [6.45, 7) is 3.83. The predicted molar refractivity (Wildman–Crippen MR) is 66.2 cm³/mol. The Morgan fingerprint density at radius 1 is 1.35 bits per heavy atom. The van der Waals surface area contributed by atoms with Crippen molar-refractivity contribution >= 4 is 6.09 Å². The van der Waals surface area contributed by atoms with Crippen LogP contribution in [0.1, 0.15) is 18.4 Å². The van der Waals surface area contributed by atoms with E-state index in [-0.39, 0.29) is 12.1 Å². The summed E-state index contributed by atoms with van der Waals surface area (Å²) in [5.41, 5.74) is 0.966. The molecule has 1 heterocycles. The number of piperidine rings is 1. The Bertz CT molecular complexity index is 387. The van der Waals surface area contributed by atoms with E-state index in [0.717, 1.165) is 31.5 Å². The van der Waals surface area contributed by atoms with E-state index < -0.39 is 0 Å². The van der Waals surface area contributed by atoms with Gasteiger partial charge in [0.05, 0.1) is 0 Å². The molecule has 1 aliphatic heterocycles. The second-order valence-corrected chi connectivity index (χ2v) is 4.32. The van der Waals surface area contributed by atoms with Crippen LogP contribution in [-0.4, -0.2) is 25.2 Å². The molecule has 4 nitrogen and oxygen atoms in total. The lowest BCUT2D eigenvalue weighted by Gasteiger charge is -2.23. The van der Waals surface area contributed by atoms with Crippen LogP contribution < -0.4 is 15.4 Å². The zero-order valence-corrected chi connectivity index (χ0v) is 10.0. The minimum Gasteiger partial charge on any atom is -0.410 e. The molecule has 2 rings (SSSR count). The molecule has 92 valence electrons. The molecule has 17 heavy (non-hydrogen) atoms. The van der Waals surface area contributed by atoms with Gasteiger partial charge in [-0.1, -0.05) is 18.2 Å². The summed E-state index contributed by atoms with van der Waals surface area (Å²) in [5.74, 6) is 0.624. The van der Waals surface area contributed by atoms with Crippen LogP contribution in [0.15, 0.2) is 24.3 Å². The van der Waals surface area contributed by atoms with Crippen LogP contribution in [0.4, 0.5) is 4.79 Å². The van der Waals surface area contributed by atoms with E-state index >= 15 is 0 Å². The molecular formula is C13H18N2O2. The smallest absolute Gasteiger partial charge is 0.410 e. The maximum atomic E-state index is 11.7. The third-order valence-electron chi connectivity index (χ3n) is 2.96. The monoisotopic (exact) mass is 234 g/mol. The van der Waals surface area contributed by atoms with Crippen molar-refractivity contribution in [3.8, 4) is 5.75 Å². The molecule has 0 saturated carbocycles. The predicted octanol–water partition coefficient (Wildman–Crippen LogP) is 1.84. The molecule has 4 heteroatoms. The van der Waals surface area contributed by atoms with Crippen molar-refractivity contribution in [1.82, 2.24) is 10.6 Å². The minimum absolute atomic E-state index is 0.229. The van der Waals surface area contributed by atoms with E-state index in [0.29, 0.717) is 5.75 Å². The summed E-state index contributed by atoms with van der Waals surface area (Å²) >= 11 is 0. The zero-order chi connectivity index (χ0) is 12.1. The Hall–Kier alpha value is -1.55. The Morgan fingerprint density at radius 3 is 2.76 bits per heavy atom. The molecular weight excluding hydrogens is 216 g/mol. The van der Waals surface area contributed by atoms with Crippen LogP contribution in [0.2, 0.25) is 0 Å². The molecule has 0 spiro atoms. The lowest BCUT2D eigenvalue weighted by molar-refractivity contribution is 0.192. The molecule has 0 atom stereocenters. The summed E-state index contributed by atoms with van der Waals surface area (Å²) in [5, 5.41) is 6.15. The van der Waals surface area contributed by atoms with E-state index in [4.69, 9.17) is 4.74 Å². The molecule has 2 N–H and O–H groups in total. The molecule has 1 aromatic carbocycles. The fourth-order valence-electron chi connectivity index (χ4n) is 1.93. The highest BCUT2D eigenvalue weighted by molar-refractivity contribution is 5.71. The number of carbonyl (C=O) groups excluding carboxylic acids is 1. The Balaban J connectivity index is 1.86. The maximum absolute atomic E-state index is 11.7. The standard InChI is InChI=1S/C13H18N2O2/c1-10-4-2-3-5-12(10)17-13(16)15-11-6-8-14-9-7-11/h2-5,11,14H,6-9H2,1H3,(H,15,16). The fraction of sp³-hybridized carbons (Fsp3) is 0.462. The maximum Gasteiger partial charge on any atom is 0.412 e. The highest BCUT2D eigenvalue weighted by atomic mass is 16.6. The number of ether oxygens (including phenoxy) is 1. The lowest BCUT2D eigenvalue weighted by Crippen LogP contribution is -2.43. The topological polar surface area (TPSA) is 50.4 Å². The SMILES string of the molecule is Cc1ccccc1OC(=O)NC1CCNCC1. The summed E-state index contributed by atoms with van der Waals surface area (Å²) in [4.78, 5) is 11.7. The number of hydrogen-bond donors (Lipinski definition) is 2. The van der Waals surface area contributed by atoms with E-state index in [2.05, 4.69) is 10.6 Å². The van der Waals surface area contributed by atoms with Gasteiger partial charge < -0.3 is 15.4 Å². The second-order valence-electron chi connectivity index (χ2n) is 4.32. The molecule has 0 aliphatic carbocycles. The van der Waals surface area contributed by atoms with Crippen LogP contribution in [0.5, 0.6) is 5.75 Å². The average molecular weight is 234 g/mol. The first-order valence-electron chi connectivity index (χ1n) is 6.00. The van der Waals surface area contributed by atoms with Crippen molar-refractivity contribution in [2.24, 2.45) is 0 Å². The number of para-hydroxylation sites is 1. The second kappa shape index (κ2) is 5.68. The largest absolute Gasteiger partial charge is 0.412 e. The average Bonchev–Trinajstić information content (AvgIpc) is 2.33. The highest BCUT2D eigenvalue weighted by Gasteiger charge is 2.16. The molecule has 1 aliphatic rings. The summed E-state index contributed by atoms with van der Waals surface area (Å²) < 4.78 is 5.28. The van der Waals surface area contributed by atoms with Gasteiger partial charge in [0.25, 0.3) is 0 Å². The fourth-order valence-corrected chi connectivity index (χ4v) is 1.93. The van der Waals surface area contributed by atoms with Gasteiger partial charge in [-0.3, -0.25) is 0 Å². The lowest BCUT2D eigenvalue weighted by atomic mass is 10.1. The van der Waals surface area contributed by atoms with Crippen LogP contribution in [0.3, 0.4) is 0 Å². The van der Waals surface area contributed by atoms with E-state index in [1.54, 1.807) is 6.07 Å². The van der Waals surface area contributed by atoms with Crippen molar-refractivity contribution < 1.29 is 9.53 Å². The van der Waals surface area contributed by atoms with Gasteiger partial charge in [-0.05, 0) is 44.5 Å². The third kappa shape index (κ3) is 3.46. The first-order chi connectivity index (χ1) is 8.25. The molecule has 0 unspecified atom stereocenters. The normalized spacial score (nSPS) is 16.5. The van der Waals surface area contributed by atoms with E-state index in [1.165, 1.54) is 0 Å². The summed E-state index contributed by atoms with van der Waals surface area (Å²) in [6.07, 6.45) is 1.57. The van der Waals surface area contributed by atoms with E-state index in [1.807, 2.05) is 25.1 Å². The van der Waals surface area contributed by atoms with Gasteiger partial charge in [-0.2, -0.15) is 0 Å². The zero-order valence-electron chi connectivity index (χ0n) is 10.0. The third-order valence-corrected chi connectivity index (χ3v) is 2.96. The van der Waals surface area contributed by atoms with Gasteiger partial charge in [0.15, 0.2) is 0 Å². The van der Waals surface area contributed by atoms with Crippen LogP contribution in [-0.2, 0) is 0 Å². The molecule has 0 bridgehead atoms. The van der Waals surface area contributed by atoms with Crippen LogP contribution in [0, 0.1) is 6.92 Å². The summed E-state index contributed by atoms with van der Waals surface area (Å²) in [7, 11) is 0. The van der Waals surface area contributed by atoms with Crippen molar-refractivity contribution in [1.29, 1.82) is 0 Å². The molecule has 0 aromatic heterocycles. The number of hydrogen-bond acceptors (Lipinski definition) is 3. The number of nitrogens with one attached hydrogen (secondary N) is 2. The first kappa shape index (κ1) is 11.9. The molecule has 1 saturated heterocycles. The summed E-state index contributed by atoms with van der Waals surface area (Å²) in [6, 6.07) is 7.74. The van der Waals surface area contributed by atoms with Crippen molar-refractivity contribution in [2.75, 3.05) is 13.1 Å². The van der Waals surface area contributed by atoms with Crippen LogP contribution in [0.25, 0.3) is 0 Å². The Kier molecular flexibility index (Phi) is 3.98. The first-order valence-corrected chi connectivity index (χ1v) is 6.00. The quantitative estimate of drug-likeness (QED) is 0.821. The van der Waals surface area contributed by atoms with Gasteiger partial charge in [-0.15, -0.1) is 0 Å². The molecule has 1 aromatic rings. The number of benzene rings is 1. The number of rotatable bonds is 2. The minimum atomic E-state index is -0.355. The molecule has 0 radical (unpaired) electrons. The van der Waals surface area contributed by atoms with Gasteiger partial charge in [0.1, 0.15) is 5.75 Å². The van der Waals surface area contributed by atoms with Gasteiger partial charge in [-0.25, -0.2) is 4.79 Å². The number of amides is 1.